The fraction of sp³-hybridized carbons (Fsp3) is 0.235. The number of hydrogen-bond acceptors (Lipinski definition) is 3. The zero-order valence-electron chi connectivity index (χ0n) is 12.4. The Labute approximate surface area is 144 Å². The smallest absolute Gasteiger partial charge is 0.105 e. The molecule has 0 saturated heterocycles. The van der Waals surface area contributed by atoms with Crippen molar-refractivity contribution in [1.29, 1.82) is 0 Å². The van der Waals surface area contributed by atoms with Crippen LogP contribution in [0.25, 0.3) is 0 Å². The molecule has 0 spiro atoms. The number of benzene rings is 1. The van der Waals surface area contributed by atoms with Crippen LogP contribution < -0.4 is 5.32 Å². The van der Waals surface area contributed by atoms with Gasteiger partial charge in [-0.15, -0.1) is 0 Å². The Morgan fingerprint density at radius 2 is 2.09 bits per heavy atom. The zero-order valence-corrected chi connectivity index (χ0v) is 14.8. The Kier molecular flexibility index (Phi) is 4.36. The van der Waals surface area contributed by atoms with Gasteiger partial charge in [0.05, 0.1) is 5.71 Å². The van der Waals surface area contributed by atoms with E-state index in [1.807, 2.05) is 30.5 Å². The van der Waals surface area contributed by atoms with Gasteiger partial charge < -0.3 is 5.32 Å². The summed E-state index contributed by atoms with van der Waals surface area (Å²) in [6, 6.07) is 10.0. The monoisotopic (exact) mass is 373 g/mol. The number of aliphatic imine (C=N–C) groups is 1. The van der Waals surface area contributed by atoms with E-state index < -0.39 is 0 Å². The highest BCUT2D eigenvalue weighted by molar-refractivity contribution is 9.10. The van der Waals surface area contributed by atoms with Crippen LogP contribution in [-0.4, -0.2) is 21.7 Å². The predicted molar refractivity (Wildman–Crippen MR) is 98.9 cm³/mol. The fourth-order valence-electron chi connectivity index (χ4n) is 2.48. The quantitative estimate of drug-likeness (QED) is 0.789. The second kappa shape index (κ2) is 6.26. The topological polar surface area (TPSA) is 37.3 Å². The molecule has 3 nitrogen and oxygen atoms in total. The largest absolute Gasteiger partial charge is 0.348 e. The zero-order chi connectivity index (χ0) is 15.7. The highest BCUT2D eigenvalue weighted by Crippen LogP contribution is 2.29. The number of nitrogens with one attached hydrogen (secondary N) is 1. The minimum atomic E-state index is -0.0450. The van der Waals surface area contributed by atoms with E-state index in [2.05, 4.69) is 46.1 Å². The van der Waals surface area contributed by atoms with Crippen molar-refractivity contribution in [3.8, 4) is 0 Å². The van der Waals surface area contributed by atoms with Crippen LogP contribution in [0.1, 0.15) is 25.0 Å². The molecule has 0 radical (unpaired) electrons. The van der Waals surface area contributed by atoms with E-state index in [-0.39, 0.29) is 6.04 Å². The minimum absolute atomic E-state index is 0.0450. The second-order valence-electron chi connectivity index (χ2n) is 5.59. The standard InChI is InChI=1S/C17H16BrN3S/c1-10(2)15-17(22)20-14-6-5-12(18)8-13(14)16(21-15)11-4-3-7-19-9-11/h3-10,15H,1-2H3,(H,20,22)/t15-/m0/s1. The first kappa shape index (κ1) is 15.3. The summed E-state index contributed by atoms with van der Waals surface area (Å²) in [5.41, 5.74) is 3.95. The number of aromatic nitrogens is 1. The molecule has 0 fully saturated rings. The molecule has 3 rings (SSSR count). The molecular weight excluding hydrogens is 358 g/mol. The van der Waals surface area contributed by atoms with E-state index in [0.717, 1.165) is 32.0 Å². The Morgan fingerprint density at radius 1 is 1.27 bits per heavy atom. The second-order valence-corrected chi connectivity index (χ2v) is 6.94. The van der Waals surface area contributed by atoms with Crippen LogP contribution >= 0.6 is 28.1 Å². The summed E-state index contributed by atoms with van der Waals surface area (Å²) < 4.78 is 1.01. The van der Waals surface area contributed by atoms with Gasteiger partial charge in [0.1, 0.15) is 11.0 Å². The number of rotatable bonds is 2. The summed E-state index contributed by atoms with van der Waals surface area (Å²) in [7, 11) is 0. The minimum Gasteiger partial charge on any atom is -0.348 e. The van der Waals surface area contributed by atoms with Crippen LogP contribution in [0, 0.1) is 5.92 Å². The van der Waals surface area contributed by atoms with Crippen molar-refractivity contribution in [2.24, 2.45) is 10.9 Å². The van der Waals surface area contributed by atoms with E-state index in [1.54, 1.807) is 6.20 Å². The van der Waals surface area contributed by atoms with Gasteiger partial charge in [-0.05, 0) is 36.2 Å². The number of nitrogens with zero attached hydrogens (tertiary/aromatic N) is 2. The molecule has 1 aliphatic rings. The van der Waals surface area contributed by atoms with E-state index in [0.29, 0.717) is 5.92 Å². The predicted octanol–water partition coefficient (Wildman–Crippen LogP) is 4.46. The maximum absolute atomic E-state index is 5.56. The molecule has 2 heterocycles. The van der Waals surface area contributed by atoms with Crippen molar-refractivity contribution in [3.63, 3.8) is 0 Å². The number of pyridine rings is 1. The number of halogens is 1. The van der Waals surface area contributed by atoms with Crippen molar-refractivity contribution in [2.75, 3.05) is 5.32 Å². The summed E-state index contributed by atoms with van der Waals surface area (Å²) in [5, 5.41) is 3.36. The van der Waals surface area contributed by atoms with Gasteiger partial charge in [-0.3, -0.25) is 9.98 Å². The summed E-state index contributed by atoms with van der Waals surface area (Å²) in [5.74, 6) is 0.324. The maximum Gasteiger partial charge on any atom is 0.105 e. The molecule has 0 unspecified atom stereocenters. The summed E-state index contributed by atoms with van der Waals surface area (Å²) >= 11 is 9.10. The normalized spacial score (nSPS) is 17.5. The highest BCUT2D eigenvalue weighted by Gasteiger charge is 2.25. The molecule has 0 aliphatic carbocycles. The molecule has 0 amide bonds. The van der Waals surface area contributed by atoms with Crippen molar-refractivity contribution in [3.05, 3.63) is 58.3 Å². The number of hydrogen-bond donors (Lipinski definition) is 1. The Morgan fingerprint density at radius 3 is 2.77 bits per heavy atom. The SMILES string of the molecule is CC(C)[C@@H]1N=C(c2cccnc2)c2cc(Br)ccc2NC1=S. The van der Waals surface area contributed by atoms with Gasteiger partial charge in [0.2, 0.25) is 0 Å². The molecule has 1 N–H and O–H groups in total. The van der Waals surface area contributed by atoms with Crippen molar-refractivity contribution < 1.29 is 0 Å². The van der Waals surface area contributed by atoms with Gasteiger partial charge in [0.25, 0.3) is 0 Å². The Hall–Kier alpha value is -1.59. The molecule has 1 aliphatic heterocycles. The number of anilines is 1. The lowest BCUT2D eigenvalue weighted by Gasteiger charge is -2.17. The Bertz CT molecular complexity index is 741. The summed E-state index contributed by atoms with van der Waals surface area (Å²) in [6.07, 6.45) is 3.61. The highest BCUT2D eigenvalue weighted by atomic mass is 79.9. The molecule has 1 aromatic carbocycles. The van der Waals surface area contributed by atoms with Gasteiger partial charge >= 0.3 is 0 Å². The Balaban J connectivity index is 2.23. The molecule has 112 valence electrons. The first-order valence-electron chi connectivity index (χ1n) is 7.15. The van der Waals surface area contributed by atoms with Gasteiger partial charge in [0.15, 0.2) is 0 Å². The van der Waals surface area contributed by atoms with Gasteiger partial charge in [-0.2, -0.15) is 0 Å². The van der Waals surface area contributed by atoms with Crippen molar-refractivity contribution in [1.82, 2.24) is 4.98 Å². The molecule has 1 atom stereocenters. The third-order valence-electron chi connectivity index (χ3n) is 3.60. The fourth-order valence-corrected chi connectivity index (χ4v) is 3.28. The number of benzodiazepines with no additional fused rings is 1. The molecule has 0 bridgehead atoms. The average Bonchev–Trinajstić information content (AvgIpc) is 2.64. The van der Waals surface area contributed by atoms with E-state index >= 15 is 0 Å². The number of thiocarbonyl (C=S) groups is 1. The van der Waals surface area contributed by atoms with Gasteiger partial charge in [-0.25, -0.2) is 0 Å². The van der Waals surface area contributed by atoms with Gasteiger partial charge in [0, 0.05) is 33.7 Å². The number of fused-ring (bicyclic) bond motifs is 1. The van der Waals surface area contributed by atoms with E-state index in [9.17, 15) is 0 Å². The maximum atomic E-state index is 5.56. The third kappa shape index (κ3) is 2.96. The lowest BCUT2D eigenvalue weighted by Crippen LogP contribution is -2.28. The first-order valence-corrected chi connectivity index (χ1v) is 8.35. The van der Waals surface area contributed by atoms with E-state index in [1.165, 1.54) is 0 Å². The van der Waals surface area contributed by atoms with E-state index in [4.69, 9.17) is 17.2 Å². The van der Waals surface area contributed by atoms with Crippen LogP contribution in [0.15, 0.2) is 52.2 Å². The molecule has 2 aromatic rings. The van der Waals surface area contributed by atoms with Crippen LogP contribution in [-0.2, 0) is 0 Å². The van der Waals surface area contributed by atoms with Crippen LogP contribution in [0.3, 0.4) is 0 Å². The molecule has 22 heavy (non-hydrogen) atoms. The summed E-state index contributed by atoms with van der Waals surface area (Å²) in [4.78, 5) is 9.95. The van der Waals surface area contributed by atoms with Gasteiger partial charge in [-0.1, -0.05) is 42.0 Å². The van der Waals surface area contributed by atoms with Crippen LogP contribution in [0.5, 0.6) is 0 Å². The molecule has 0 saturated carbocycles. The summed E-state index contributed by atoms with van der Waals surface area (Å²) in [6.45, 7) is 4.27. The van der Waals surface area contributed by atoms with Crippen LogP contribution in [0.4, 0.5) is 5.69 Å². The molecule has 5 heteroatoms. The van der Waals surface area contributed by atoms with Crippen molar-refractivity contribution in [2.45, 2.75) is 19.9 Å². The lowest BCUT2D eigenvalue weighted by atomic mass is 10.0. The van der Waals surface area contributed by atoms with Crippen LogP contribution in [0.2, 0.25) is 0 Å². The third-order valence-corrected chi connectivity index (χ3v) is 4.43. The lowest BCUT2D eigenvalue weighted by molar-refractivity contribution is 0.602. The molecular formula is C17H16BrN3S. The van der Waals surface area contributed by atoms with Crippen molar-refractivity contribution >= 4 is 44.5 Å². The molecule has 1 aromatic heterocycles. The average molecular weight is 374 g/mol. The first-order chi connectivity index (χ1) is 10.6.